The van der Waals surface area contributed by atoms with Crippen molar-refractivity contribution in [3.63, 3.8) is 0 Å². The summed E-state index contributed by atoms with van der Waals surface area (Å²) >= 11 is 3.38. The smallest absolute Gasteiger partial charge is 0.240 e. The minimum absolute atomic E-state index is 0.00179. The number of nitrogens with zero attached hydrogens (tertiary/aromatic N) is 1. The van der Waals surface area contributed by atoms with E-state index in [1.54, 1.807) is 6.21 Å². The van der Waals surface area contributed by atoms with E-state index < -0.39 is 0 Å². The minimum Gasteiger partial charge on any atom is -0.352 e. The van der Waals surface area contributed by atoms with E-state index in [1.165, 1.54) is 0 Å². The molecular formula is C20H22BrN3O2. The van der Waals surface area contributed by atoms with Gasteiger partial charge >= 0.3 is 0 Å². The lowest BCUT2D eigenvalue weighted by atomic mass is 10.1. The van der Waals surface area contributed by atoms with Crippen LogP contribution in [0.5, 0.6) is 0 Å². The third-order valence-electron chi connectivity index (χ3n) is 3.64. The fourth-order valence-corrected chi connectivity index (χ4v) is 2.69. The Kier molecular flexibility index (Phi) is 8.55. The number of hydrogen-bond donors (Lipinski definition) is 2. The van der Waals surface area contributed by atoms with Crippen molar-refractivity contribution >= 4 is 34.0 Å². The summed E-state index contributed by atoms with van der Waals surface area (Å²) in [7, 11) is 0. The van der Waals surface area contributed by atoms with Crippen LogP contribution in [0.2, 0.25) is 0 Å². The number of nitrogens with one attached hydrogen (secondary N) is 2. The van der Waals surface area contributed by atoms with Crippen molar-refractivity contribution in [1.29, 1.82) is 0 Å². The molecule has 0 spiro atoms. The van der Waals surface area contributed by atoms with Crippen molar-refractivity contribution in [2.75, 3.05) is 0 Å². The third-order valence-corrected chi connectivity index (χ3v) is 4.13. The first-order valence-electron chi connectivity index (χ1n) is 8.51. The van der Waals surface area contributed by atoms with E-state index in [9.17, 15) is 9.59 Å². The van der Waals surface area contributed by atoms with Gasteiger partial charge in [0.1, 0.15) is 0 Å². The van der Waals surface area contributed by atoms with Crippen molar-refractivity contribution in [3.05, 3.63) is 70.2 Å². The molecule has 0 aromatic heterocycles. The number of halogens is 1. The van der Waals surface area contributed by atoms with E-state index >= 15 is 0 Å². The Morgan fingerprint density at radius 2 is 1.69 bits per heavy atom. The van der Waals surface area contributed by atoms with Gasteiger partial charge in [-0.15, -0.1) is 0 Å². The van der Waals surface area contributed by atoms with Crippen LogP contribution in [0.3, 0.4) is 0 Å². The first kappa shape index (κ1) is 19.8. The fourth-order valence-electron chi connectivity index (χ4n) is 2.28. The average molecular weight is 416 g/mol. The largest absolute Gasteiger partial charge is 0.352 e. The fraction of sp³-hybridized carbons (Fsp3) is 0.250. The van der Waals surface area contributed by atoms with Gasteiger partial charge in [-0.25, -0.2) is 5.43 Å². The Bertz CT molecular complexity index is 748. The summed E-state index contributed by atoms with van der Waals surface area (Å²) in [5.41, 5.74) is 4.47. The quantitative estimate of drug-likeness (QED) is 0.371. The molecule has 0 atom stereocenters. The molecule has 0 radical (unpaired) electrons. The maximum absolute atomic E-state index is 11.8. The van der Waals surface area contributed by atoms with Gasteiger partial charge in [-0.2, -0.15) is 5.10 Å². The molecule has 2 aromatic carbocycles. The van der Waals surface area contributed by atoms with Gasteiger partial charge in [0.15, 0.2) is 0 Å². The second-order valence-corrected chi connectivity index (χ2v) is 6.73. The molecule has 5 nitrogen and oxygen atoms in total. The molecule has 2 rings (SSSR count). The zero-order valence-electron chi connectivity index (χ0n) is 14.5. The number of benzene rings is 2. The summed E-state index contributed by atoms with van der Waals surface area (Å²) in [6, 6.07) is 17.4. The van der Waals surface area contributed by atoms with E-state index in [2.05, 4.69) is 31.8 Å². The lowest BCUT2D eigenvalue weighted by molar-refractivity contribution is -0.123. The zero-order chi connectivity index (χ0) is 18.6. The second kappa shape index (κ2) is 11.2. The monoisotopic (exact) mass is 415 g/mol. The first-order valence-corrected chi connectivity index (χ1v) is 9.31. The highest BCUT2D eigenvalue weighted by Gasteiger charge is 2.03. The maximum atomic E-state index is 11.8. The summed E-state index contributed by atoms with van der Waals surface area (Å²) in [4.78, 5) is 23.5. The maximum Gasteiger partial charge on any atom is 0.240 e. The van der Waals surface area contributed by atoms with Crippen LogP contribution in [0.25, 0.3) is 0 Å². The van der Waals surface area contributed by atoms with E-state index in [0.717, 1.165) is 15.6 Å². The summed E-state index contributed by atoms with van der Waals surface area (Å²) in [5, 5.41) is 6.81. The van der Waals surface area contributed by atoms with Gasteiger partial charge in [0.25, 0.3) is 0 Å². The van der Waals surface area contributed by atoms with Gasteiger partial charge in [0.05, 0.1) is 6.21 Å². The van der Waals surface area contributed by atoms with Crippen molar-refractivity contribution in [2.24, 2.45) is 5.10 Å². The molecule has 2 aromatic rings. The van der Waals surface area contributed by atoms with E-state index in [-0.39, 0.29) is 11.8 Å². The van der Waals surface area contributed by atoms with Crippen molar-refractivity contribution in [3.8, 4) is 0 Å². The lowest BCUT2D eigenvalue weighted by Gasteiger charge is -2.05. The molecule has 0 saturated heterocycles. The minimum atomic E-state index is -0.152. The van der Waals surface area contributed by atoms with Crippen LogP contribution in [0.1, 0.15) is 36.8 Å². The van der Waals surface area contributed by atoms with Gasteiger partial charge in [0, 0.05) is 23.9 Å². The standard InChI is InChI=1S/C20H22BrN3O2/c21-18-10-6-9-17(13-18)15-23-24-20(26)12-5-4-11-19(25)22-14-16-7-2-1-3-8-16/h1-3,6-10,13,15H,4-5,11-12,14H2,(H,22,25)(H,24,26)/b23-15+. The predicted octanol–water partition coefficient (Wildman–Crippen LogP) is 3.78. The Balaban J connectivity index is 1.56. The summed E-state index contributed by atoms with van der Waals surface area (Å²) in [6.45, 7) is 0.532. The molecule has 0 saturated carbocycles. The van der Waals surface area contributed by atoms with Crippen molar-refractivity contribution in [1.82, 2.24) is 10.7 Å². The van der Waals surface area contributed by atoms with E-state index in [1.807, 2.05) is 54.6 Å². The SMILES string of the molecule is O=C(CCCCC(=O)N/N=C/c1cccc(Br)c1)NCc1ccccc1. The zero-order valence-corrected chi connectivity index (χ0v) is 16.0. The van der Waals surface area contributed by atoms with Gasteiger partial charge in [-0.1, -0.05) is 58.4 Å². The normalized spacial score (nSPS) is 10.7. The van der Waals surface area contributed by atoms with Crippen LogP contribution in [-0.2, 0) is 16.1 Å². The third kappa shape index (κ3) is 8.07. The Morgan fingerprint density at radius 1 is 0.962 bits per heavy atom. The summed E-state index contributed by atoms with van der Waals surface area (Å²) in [6.07, 6.45) is 3.68. The first-order chi connectivity index (χ1) is 12.6. The number of amides is 2. The van der Waals surface area contributed by atoms with Gasteiger partial charge in [0.2, 0.25) is 11.8 Å². The summed E-state index contributed by atoms with van der Waals surface area (Å²) in [5.74, 6) is -0.150. The number of hydrogen-bond acceptors (Lipinski definition) is 3. The molecule has 0 aliphatic carbocycles. The van der Waals surface area contributed by atoms with Crippen LogP contribution in [0.4, 0.5) is 0 Å². The Labute approximate surface area is 162 Å². The topological polar surface area (TPSA) is 70.6 Å². The van der Waals surface area contributed by atoms with Gasteiger partial charge in [-0.05, 0) is 36.1 Å². The number of unbranched alkanes of at least 4 members (excludes halogenated alkanes) is 1. The molecular weight excluding hydrogens is 394 g/mol. The van der Waals surface area contributed by atoms with Crippen LogP contribution < -0.4 is 10.7 Å². The summed E-state index contributed by atoms with van der Waals surface area (Å²) < 4.78 is 0.957. The predicted molar refractivity (Wildman–Crippen MR) is 107 cm³/mol. The number of carbonyl (C=O) groups excluding carboxylic acids is 2. The van der Waals surface area contributed by atoms with Crippen molar-refractivity contribution in [2.45, 2.75) is 32.2 Å². The highest BCUT2D eigenvalue weighted by molar-refractivity contribution is 9.10. The van der Waals surface area contributed by atoms with Gasteiger partial charge in [-0.3, -0.25) is 9.59 Å². The Morgan fingerprint density at radius 3 is 2.42 bits per heavy atom. The molecule has 26 heavy (non-hydrogen) atoms. The van der Waals surface area contributed by atoms with Crippen LogP contribution in [-0.4, -0.2) is 18.0 Å². The molecule has 2 N–H and O–H groups in total. The number of carbonyl (C=O) groups is 2. The molecule has 0 unspecified atom stereocenters. The Hall–Kier alpha value is -2.47. The lowest BCUT2D eigenvalue weighted by Crippen LogP contribution is -2.22. The highest BCUT2D eigenvalue weighted by Crippen LogP contribution is 2.09. The molecule has 2 amide bonds. The molecule has 0 fully saturated rings. The molecule has 0 bridgehead atoms. The molecule has 0 aliphatic rings. The van der Waals surface area contributed by atoms with Crippen LogP contribution >= 0.6 is 15.9 Å². The molecule has 0 heterocycles. The molecule has 0 aliphatic heterocycles. The van der Waals surface area contributed by atoms with Crippen LogP contribution in [0, 0.1) is 0 Å². The number of hydrazone groups is 1. The average Bonchev–Trinajstić information content (AvgIpc) is 2.64. The second-order valence-electron chi connectivity index (χ2n) is 5.82. The van der Waals surface area contributed by atoms with E-state index in [4.69, 9.17) is 0 Å². The van der Waals surface area contributed by atoms with Crippen molar-refractivity contribution < 1.29 is 9.59 Å². The van der Waals surface area contributed by atoms with Crippen LogP contribution in [0.15, 0.2) is 64.2 Å². The molecule has 136 valence electrons. The van der Waals surface area contributed by atoms with Gasteiger partial charge < -0.3 is 5.32 Å². The highest BCUT2D eigenvalue weighted by atomic mass is 79.9. The number of rotatable bonds is 9. The van der Waals surface area contributed by atoms with E-state index in [0.29, 0.717) is 32.2 Å². The molecule has 6 heteroatoms.